The van der Waals surface area contributed by atoms with Crippen molar-refractivity contribution in [2.75, 3.05) is 42.2 Å². The van der Waals surface area contributed by atoms with Crippen LogP contribution in [0.4, 0.5) is 42.2 Å². The quantitative estimate of drug-likeness (QED) is 0.401. The third kappa shape index (κ3) is 5.99. The lowest BCUT2D eigenvalue weighted by Crippen LogP contribution is -2.47. The summed E-state index contributed by atoms with van der Waals surface area (Å²) in [5, 5.41) is 0. The number of aldehydes is 1. The van der Waals surface area contributed by atoms with Gasteiger partial charge in [0.05, 0.1) is 21.7 Å². The van der Waals surface area contributed by atoms with Gasteiger partial charge in [-0.2, -0.15) is 26.3 Å². The summed E-state index contributed by atoms with van der Waals surface area (Å²) in [6.07, 6.45) is -10.4. The first-order chi connectivity index (χ1) is 16.5. The van der Waals surface area contributed by atoms with Gasteiger partial charge in [0.25, 0.3) is 0 Å². The number of benzene rings is 1. The molecule has 1 aromatic carbocycles. The van der Waals surface area contributed by atoms with Crippen molar-refractivity contribution in [3.8, 4) is 5.75 Å². The standard InChI is InChI=1S/C21H20F7N3O4S/c1-12(20(23,24)25)35-18-13(11-32)7-15(36(2,33)34)9-17(18)30-3-5-31(6-4-30)19-16(22)8-14(10-29-19)21(26,27)28/h7-12H,3-6H2,1-2H3/t12-/m0/s1. The van der Waals surface area contributed by atoms with Crippen LogP contribution in [0, 0.1) is 5.82 Å². The Morgan fingerprint density at radius 3 is 2.08 bits per heavy atom. The van der Waals surface area contributed by atoms with Crippen molar-refractivity contribution in [2.24, 2.45) is 0 Å². The summed E-state index contributed by atoms with van der Waals surface area (Å²) in [7, 11) is -3.87. The van der Waals surface area contributed by atoms with Crippen LogP contribution in [0.3, 0.4) is 0 Å². The van der Waals surface area contributed by atoms with Crippen LogP contribution in [-0.4, -0.2) is 64.4 Å². The number of carbonyl (C=O) groups is 1. The molecular formula is C21H20F7N3O4S. The Hall–Kier alpha value is -3.10. The zero-order valence-corrected chi connectivity index (χ0v) is 19.6. The van der Waals surface area contributed by atoms with Gasteiger partial charge in [-0.1, -0.05) is 0 Å². The highest BCUT2D eigenvalue weighted by Crippen LogP contribution is 2.38. The molecular weight excluding hydrogens is 523 g/mol. The summed E-state index contributed by atoms with van der Waals surface area (Å²) >= 11 is 0. The second-order valence-corrected chi connectivity index (χ2v) is 10.1. The molecule has 0 unspecified atom stereocenters. The number of nitrogens with zero attached hydrogens (tertiary/aromatic N) is 3. The number of carbonyl (C=O) groups excluding carboxylic acids is 1. The predicted octanol–water partition coefficient (Wildman–Crippen LogP) is 4.11. The summed E-state index contributed by atoms with van der Waals surface area (Å²) in [5.74, 6) is -2.03. The first kappa shape index (κ1) is 27.5. The van der Waals surface area contributed by atoms with Gasteiger partial charge < -0.3 is 14.5 Å². The van der Waals surface area contributed by atoms with Crippen LogP contribution in [0.1, 0.15) is 22.8 Å². The second-order valence-electron chi connectivity index (χ2n) is 8.05. The van der Waals surface area contributed by atoms with Gasteiger partial charge >= 0.3 is 12.4 Å². The Morgan fingerprint density at radius 1 is 1.03 bits per heavy atom. The van der Waals surface area contributed by atoms with Gasteiger partial charge in [-0.25, -0.2) is 17.8 Å². The Labute approximate surface area is 201 Å². The van der Waals surface area contributed by atoms with Crippen molar-refractivity contribution in [3.05, 3.63) is 41.3 Å². The maximum atomic E-state index is 14.3. The number of anilines is 2. The van der Waals surface area contributed by atoms with E-state index in [4.69, 9.17) is 4.74 Å². The van der Waals surface area contributed by atoms with Crippen LogP contribution < -0.4 is 14.5 Å². The van der Waals surface area contributed by atoms with E-state index in [0.29, 0.717) is 12.3 Å². The zero-order chi connectivity index (χ0) is 27.1. The van der Waals surface area contributed by atoms with Crippen molar-refractivity contribution < 1.29 is 48.7 Å². The molecule has 0 spiro atoms. The highest BCUT2D eigenvalue weighted by atomic mass is 32.2. The van der Waals surface area contributed by atoms with Gasteiger partial charge in [-0.3, -0.25) is 4.79 Å². The van der Waals surface area contributed by atoms with Gasteiger partial charge in [0.2, 0.25) is 0 Å². The third-order valence-corrected chi connectivity index (χ3v) is 6.54. The summed E-state index contributed by atoms with van der Waals surface area (Å²) in [6.45, 7) is 0.626. The summed E-state index contributed by atoms with van der Waals surface area (Å²) < 4.78 is 121. The fourth-order valence-corrected chi connectivity index (χ4v) is 4.16. The molecule has 1 atom stereocenters. The van der Waals surface area contributed by atoms with Crippen LogP contribution in [0.15, 0.2) is 29.3 Å². The van der Waals surface area contributed by atoms with Gasteiger partial charge in [0.1, 0.15) is 0 Å². The monoisotopic (exact) mass is 543 g/mol. The minimum atomic E-state index is -4.78. The van der Waals surface area contributed by atoms with E-state index >= 15 is 0 Å². The van der Waals surface area contributed by atoms with E-state index in [2.05, 4.69) is 4.98 Å². The van der Waals surface area contributed by atoms with Crippen molar-refractivity contribution in [2.45, 2.75) is 30.3 Å². The van der Waals surface area contributed by atoms with Gasteiger partial charge in [0.15, 0.2) is 39.6 Å². The van der Waals surface area contributed by atoms with E-state index in [1.165, 1.54) is 9.80 Å². The van der Waals surface area contributed by atoms with Gasteiger partial charge in [-0.05, 0) is 25.1 Å². The molecule has 2 aromatic rings. The molecule has 3 rings (SSSR count). The van der Waals surface area contributed by atoms with E-state index < -0.39 is 51.0 Å². The van der Waals surface area contributed by atoms with Gasteiger partial charge in [-0.15, -0.1) is 0 Å². The Kier molecular flexibility index (Phi) is 7.44. The molecule has 2 heterocycles. The number of aromatic nitrogens is 1. The molecule has 1 aliphatic heterocycles. The molecule has 36 heavy (non-hydrogen) atoms. The maximum Gasteiger partial charge on any atom is 0.425 e. The largest absolute Gasteiger partial charge is 0.478 e. The summed E-state index contributed by atoms with van der Waals surface area (Å²) in [4.78, 5) is 17.6. The number of pyridine rings is 1. The number of hydrogen-bond acceptors (Lipinski definition) is 7. The average molecular weight is 543 g/mol. The van der Waals surface area contributed by atoms with E-state index in [0.717, 1.165) is 25.3 Å². The van der Waals surface area contributed by atoms with Crippen LogP contribution >= 0.6 is 0 Å². The first-order valence-electron chi connectivity index (χ1n) is 10.3. The number of hydrogen-bond donors (Lipinski definition) is 0. The fourth-order valence-electron chi connectivity index (χ4n) is 3.49. The lowest BCUT2D eigenvalue weighted by atomic mass is 10.1. The number of rotatable bonds is 6. The molecule has 0 N–H and O–H groups in total. The molecule has 1 saturated heterocycles. The van der Waals surface area contributed by atoms with Crippen LogP contribution in [-0.2, 0) is 16.0 Å². The maximum absolute atomic E-state index is 14.3. The van der Waals surface area contributed by atoms with Crippen molar-refractivity contribution in [3.63, 3.8) is 0 Å². The SMILES string of the molecule is C[C@H](Oc1c(C=O)cc(S(C)(=O)=O)cc1N1CCN(c2ncc(C(F)(F)F)cc2F)CC1)C(F)(F)F. The lowest BCUT2D eigenvalue weighted by molar-refractivity contribution is -0.189. The number of ether oxygens (including phenoxy) is 1. The molecule has 0 radical (unpaired) electrons. The normalized spacial score (nSPS) is 16.1. The van der Waals surface area contributed by atoms with E-state index in [1.807, 2.05) is 0 Å². The predicted molar refractivity (Wildman–Crippen MR) is 115 cm³/mol. The lowest BCUT2D eigenvalue weighted by Gasteiger charge is -2.38. The number of halogens is 7. The second kappa shape index (κ2) is 9.75. The molecule has 0 amide bonds. The number of sulfone groups is 1. The zero-order valence-electron chi connectivity index (χ0n) is 18.8. The Balaban J connectivity index is 1.94. The van der Waals surface area contributed by atoms with Crippen molar-refractivity contribution >= 4 is 27.6 Å². The molecule has 7 nitrogen and oxygen atoms in total. The first-order valence-corrected chi connectivity index (χ1v) is 12.2. The molecule has 1 fully saturated rings. The number of alkyl halides is 6. The summed E-state index contributed by atoms with van der Waals surface area (Å²) in [5.41, 5.74) is -1.78. The van der Waals surface area contributed by atoms with E-state index in [9.17, 15) is 43.9 Å². The minimum absolute atomic E-state index is 0.0234. The van der Waals surface area contributed by atoms with E-state index in [-0.39, 0.29) is 48.9 Å². The van der Waals surface area contributed by atoms with Crippen molar-refractivity contribution in [1.82, 2.24) is 4.98 Å². The molecule has 15 heteroatoms. The fraction of sp³-hybridized carbons (Fsp3) is 0.429. The molecule has 1 aliphatic rings. The van der Waals surface area contributed by atoms with Crippen molar-refractivity contribution in [1.29, 1.82) is 0 Å². The molecule has 0 bridgehead atoms. The topological polar surface area (TPSA) is 79.8 Å². The van der Waals surface area contributed by atoms with Crippen LogP contribution in [0.5, 0.6) is 5.75 Å². The van der Waals surface area contributed by atoms with E-state index in [1.54, 1.807) is 0 Å². The van der Waals surface area contributed by atoms with Gasteiger partial charge in [0, 0.05) is 38.6 Å². The Morgan fingerprint density at radius 2 is 1.61 bits per heavy atom. The molecule has 1 aromatic heterocycles. The Bertz CT molecular complexity index is 1240. The average Bonchev–Trinajstić information content (AvgIpc) is 2.77. The molecule has 0 aliphatic carbocycles. The van der Waals surface area contributed by atoms with Crippen LogP contribution in [0.25, 0.3) is 0 Å². The van der Waals surface area contributed by atoms with Crippen LogP contribution in [0.2, 0.25) is 0 Å². The molecule has 0 saturated carbocycles. The highest BCUT2D eigenvalue weighted by Gasteiger charge is 2.39. The number of piperazine rings is 1. The minimum Gasteiger partial charge on any atom is -0.478 e. The summed E-state index contributed by atoms with van der Waals surface area (Å²) in [6, 6.07) is 2.29. The molecule has 198 valence electrons. The smallest absolute Gasteiger partial charge is 0.425 e. The third-order valence-electron chi connectivity index (χ3n) is 5.45. The highest BCUT2D eigenvalue weighted by molar-refractivity contribution is 7.90.